The Balaban J connectivity index is 1.84. The van der Waals surface area contributed by atoms with Crippen molar-refractivity contribution in [3.8, 4) is 5.75 Å². The lowest BCUT2D eigenvalue weighted by atomic mass is 9.89. The lowest BCUT2D eigenvalue weighted by Crippen LogP contribution is -2.23. The van der Waals surface area contributed by atoms with Gasteiger partial charge in [-0.2, -0.15) is 0 Å². The van der Waals surface area contributed by atoms with Crippen LogP contribution in [-0.4, -0.2) is 29.2 Å². The van der Waals surface area contributed by atoms with Gasteiger partial charge in [0.25, 0.3) is 0 Å². The van der Waals surface area contributed by atoms with Crippen LogP contribution in [0.4, 0.5) is 4.39 Å². The van der Waals surface area contributed by atoms with Crippen LogP contribution >= 0.6 is 0 Å². The predicted molar refractivity (Wildman–Crippen MR) is 80.0 cm³/mol. The summed E-state index contributed by atoms with van der Waals surface area (Å²) >= 11 is 0. The maximum atomic E-state index is 12.7. The molecule has 2 rings (SSSR count). The first kappa shape index (κ1) is 16.2. The SMILES string of the molecule is O=CC[C@@H]1C=C[C@H](O)[C@H]1/C(O)=C\CCOc1ccc(F)cc1. The minimum Gasteiger partial charge on any atom is -0.512 e. The van der Waals surface area contributed by atoms with Crippen molar-refractivity contribution in [3.05, 3.63) is 54.1 Å². The molecule has 4 nitrogen and oxygen atoms in total. The standard InChI is InChI=1S/C17H19FO4/c18-13-4-6-14(7-5-13)22-11-1-2-15(20)17-12(9-10-19)3-8-16(17)21/h2-8,10,12,16-17,20-21H,1,9,11H2/b15-2+/t12-,16-,17+/m0/s1. The first-order chi connectivity index (χ1) is 10.6. The topological polar surface area (TPSA) is 66.8 Å². The molecule has 0 fully saturated rings. The number of carbonyl (C=O) groups excluding carboxylic acids is 1. The molecule has 0 heterocycles. The van der Waals surface area contributed by atoms with E-state index in [0.717, 1.165) is 6.29 Å². The molecule has 3 atom stereocenters. The highest BCUT2D eigenvalue weighted by atomic mass is 19.1. The molecule has 1 aromatic rings. The van der Waals surface area contributed by atoms with E-state index in [4.69, 9.17) is 4.74 Å². The van der Waals surface area contributed by atoms with Gasteiger partial charge in [-0.3, -0.25) is 0 Å². The maximum absolute atomic E-state index is 12.7. The zero-order valence-corrected chi connectivity index (χ0v) is 12.1. The molecular weight excluding hydrogens is 287 g/mol. The summed E-state index contributed by atoms with van der Waals surface area (Å²) in [6, 6.07) is 5.69. The molecule has 0 unspecified atom stereocenters. The molecule has 0 aromatic heterocycles. The maximum Gasteiger partial charge on any atom is 0.123 e. The van der Waals surface area contributed by atoms with Gasteiger partial charge in [0, 0.05) is 12.8 Å². The fourth-order valence-electron chi connectivity index (χ4n) is 2.53. The fraction of sp³-hybridized carbons (Fsp3) is 0.353. The van der Waals surface area contributed by atoms with Crippen molar-refractivity contribution in [3.63, 3.8) is 0 Å². The van der Waals surface area contributed by atoms with Crippen LogP contribution in [0.2, 0.25) is 0 Å². The Bertz CT molecular complexity index is 550. The molecule has 0 bridgehead atoms. The van der Waals surface area contributed by atoms with E-state index < -0.39 is 12.0 Å². The molecule has 0 radical (unpaired) electrons. The van der Waals surface area contributed by atoms with Crippen molar-refractivity contribution in [2.75, 3.05) is 6.61 Å². The monoisotopic (exact) mass is 306 g/mol. The van der Waals surface area contributed by atoms with Gasteiger partial charge in [-0.15, -0.1) is 0 Å². The van der Waals surface area contributed by atoms with Gasteiger partial charge in [0.2, 0.25) is 0 Å². The highest BCUT2D eigenvalue weighted by Gasteiger charge is 2.32. The Kier molecular flexibility index (Phi) is 5.72. The van der Waals surface area contributed by atoms with E-state index in [1.165, 1.54) is 24.3 Å². The van der Waals surface area contributed by atoms with Gasteiger partial charge < -0.3 is 19.7 Å². The molecule has 1 aromatic carbocycles. The second-order valence-electron chi connectivity index (χ2n) is 5.19. The van der Waals surface area contributed by atoms with Crippen molar-refractivity contribution >= 4 is 6.29 Å². The minimum absolute atomic E-state index is 0.0621. The molecule has 0 amide bonds. The third kappa shape index (κ3) is 4.18. The van der Waals surface area contributed by atoms with Crippen LogP contribution in [0.5, 0.6) is 5.75 Å². The number of halogens is 1. The molecule has 1 aliphatic rings. The Hall–Kier alpha value is -2.14. The third-order valence-electron chi connectivity index (χ3n) is 3.65. The largest absolute Gasteiger partial charge is 0.512 e. The molecule has 0 saturated heterocycles. The zero-order chi connectivity index (χ0) is 15.9. The molecule has 22 heavy (non-hydrogen) atoms. The number of hydrogen-bond acceptors (Lipinski definition) is 4. The van der Waals surface area contributed by atoms with Crippen LogP contribution in [0.25, 0.3) is 0 Å². The number of benzene rings is 1. The number of hydrogen-bond donors (Lipinski definition) is 2. The second-order valence-corrected chi connectivity index (χ2v) is 5.19. The Morgan fingerprint density at radius 1 is 1.27 bits per heavy atom. The van der Waals surface area contributed by atoms with Gasteiger partial charge in [-0.05, 0) is 36.3 Å². The Labute approximate surface area is 128 Å². The molecule has 0 saturated carbocycles. The molecule has 5 heteroatoms. The van der Waals surface area contributed by atoms with E-state index in [-0.39, 0.29) is 23.9 Å². The molecule has 0 aliphatic heterocycles. The second kappa shape index (κ2) is 7.75. The molecule has 1 aliphatic carbocycles. The van der Waals surface area contributed by atoms with Gasteiger partial charge in [0.1, 0.15) is 17.9 Å². The number of aliphatic hydroxyl groups excluding tert-OH is 2. The summed E-state index contributed by atoms with van der Waals surface area (Å²) in [5, 5.41) is 19.9. The molecule has 2 N–H and O–H groups in total. The van der Waals surface area contributed by atoms with Crippen molar-refractivity contribution in [2.45, 2.75) is 18.9 Å². The van der Waals surface area contributed by atoms with E-state index in [1.54, 1.807) is 18.2 Å². The summed E-state index contributed by atoms with van der Waals surface area (Å²) in [5.41, 5.74) is 0. The van der Waals surface area contributed by atoms with Crippen LogP contribution in [0, 0.1) is 17.7 Å². The van der Waals surface area contributed by atoms with Crippen LogP contribution in [0.15, 0.2) is 48.3 Å². The minimum atomic E-state index is -0.779. The summed E-state index contributed by atoms with van der Waals surface area (Å²) in [7, 11) is 0. The highest BCUT2D eigenvalue weighted by Crippen LogP contribution is 2.32. The van der Waals surface area contributed by atoms with Crippen LogP contribution in [0.1, 0.15) is 12.8 Å². The highest BCUT2D eigenvalue weighted by molar-refractivity contribution is 5.51. The average Bonchev–Trinajstić information content (AvgIpc) is 2.86. The summed E-state index contributed by atoms with van der Waals surface area (Å²) in [6.45, 7) is 0.324. The van der Waals surface area contributed by atoms with Crippen LogP contribution in [0.3, 0.4) is 0 Å². The normalized spacial score (nSPS) is 24.5. The number of allylic oxidation sites excluding steroid dienone is 1. The molecular formula is C17H19FO4. The van der Waals surface area contributed by atoms with Gasteiger partial charge in [-0.1, -0.05) is 12.2 Å². The van der Waals surface area contributed by atoms with Gasteiger partial charge in [0.05, 0.1) is 24.4 Å². The summed E-state index contributed by atoms with van der Waals surface area (Å²) < 4.78 is 18.2. The van der Waals surface area contributed by atoms with Gasteiger partial charge in [-0.25, -0.2) is 4.39 Å². The van der Waals surface area contributed by atoms with Crippen LogP contribution in [-0.2, 0) is 4.79 Å². The predicted octanol–water partition coefficient (Wildman–Crippen LogP) is 2.79. The molecule has 0 spiro atoms. The van der Waals surface area contributed by atoms with E-state index >= 15 is 0 Å². The van der Waals surface area contributed by atoms with Crippen molar-refractivity contribution in [1.29, 1.82) is 0 Å². The Morgan fingerprint density at radius 2 is 2.00 bits per heavy atom. The van der Waals surface area contributed by atoms with E-state index in [0.29, 0.717) is 18.8 Å². The van der Waals surface area contributed by atoms with Gasteiger partial charge >= 0.3 is 0 Å². The number of ether oxygens (including phenoxy) is 1. The number of rotatable bonds is 7. The quantitative estimate of drug-likeness (QED) is 0.352. The van der Waals surface area contributed by atoms with E-state index in [9.17, 15) is 19.4 Å². The molecule has 118 valence electrons. The van der Waals surface area contributed by atoms with Crippen molar-refractivity contribution in [2.24, 2.45) is 11.8 Å². The van der Waals surface area contributed by atoms with E-state index in [1.807, 2.05) is 0 Å². The summed E-state index contributed by atoms with van der Waals surface area (Å²) in [5.74, 6) is -0.366. The zero-order valence-electron chi connectivity index (χ0n) is 12.1. The van der Waals surface area contributed by atoms with E-state index in [2.05, 4.69) is 0 Å². The number of carbonyl (C=O) groups is 1. The van der Waals surface area contributed by atoms with Gasteiger partial charge in [0.15, 0.2) is 0 Å². The first-order valence-corrected chi connectivity index (χ1v) is 7.19. The summed E-state index contributed by atoms with van der Waals surface area (Å²) in [4.78, 5) is 10.6. The smallest absolute Gasteiger partial charge is 0.123 e. The number of aldehydes is 1. The van der Waals surface area contributed by atoms with Crippen molar-refractivity contribution < 1.29 is 24.1 Å². The summed E-state index contributed by atoms with van der Waals surface area (Å²) in [6.07, 6.45) is 5.65. The average molecular weight is 306 g/mol. The number of aliphatic hydroxyl groups is 2. The fourth-order valence-corrected chi connectivity index (χ4v) is 2.53. The lowest BCUT2D eigenvalue weighted by Gasteiger charge is -2.20. The lowest BCUT2D eigenvalue weighted by molar-refractivity contribution is -0.108. The van der Waals surface area contributed by atoms with Crippen LogP contribution < -0.4 is 4.74 Å². The third-order valence-corrected chi connectivity index (χ3v) is 3.65. The first-order valence-electron chi connectivity index (χ1n) is 7.19. The Morgan fingerprint density at radius 3 is 2.68 bits per heavy atom. The van der Waals surface area contributed by atoms with Crippen molar-refractivity contribution in [1.82, 2.24) is 0 Å².